The van der Waals surface area contributed by atoms with Crippen molar-refractivity contribution in [2.24, 2.45) is 5.73 Å². The molecule has 1 aromatic carbocycles. The molecule has 2 rings (SSSR count). The molecule has 0 aromatic heterocycles. The Morgan fingerprint density at radius 3 is 2.59 bits per heavy atom. The van der Waals surface area contributed by atoms with Crippen LogP contribution in [0.1, 0.15) is 38.2 Å². The van der Waals surface area contributed by atoms with E-state index in [2.05, 4.69) is 42.2 Å². The monoisotopic (exact) mass is 232 g/mol. The third kappa shape index (κ3) is 4.14. The van der Waals surface area contributed by atoms with Crippen LogP contribution >= 0.6 is 0 Å². The lowest BCUT2D eigenvalue weighted by atomic mass is 10.1. The summed E-state index contributed by atoms with van der Waals surface area (Å²) in [5.74, 6) is 0. The predicted octanol–water partition coefficient (Wildman–Crippen LogP) is 2.78. The first-order valence-electron chi connectivity index (χ1n) is 6.83. The van der Waals surface area contributed by atoms with Crippen LogP contribution in [0, 0.1) is 0 Å². The van der Waals surface area contributed by atoms with E-state index < -0.39 is 0 Å². The molecule has 0 bridgehead atoms. The molecule has 17 heavy (non-hydrogen) atoms. The van der Waals surface area contributed by atoms with E-state index in [4.69, 9.17) is 5.73 Å². The summed E-state index contributed by atoms with van der Waals surface area (Å²) in [7, 11) is 0. The van der Waals surface area contributed by atoms with Crippen molar-refractivity contribution in [1.82, 2.24) is 4.90 Å². The number of hydrogen-bond donors (Lipinski definition) is 1. The molecule has 0 spiro atoms. The maximum atomic E-state index is 6.16. The summed E-state index contributed by atoms with van der Waals surface area (Å²) in [5, 5.41) is 0. The maximum Gasteiger partial charge on any atom is 0.0237 e. The first-order valence-corrected chi connectivity index (χ1v) is 6.83. The average molecular weight is 232 g/mol. The van der Waals surface area contributed by atoms with Crippen LogP contribution in [-0.2, 0) is 6.54 Å². The number of benzene rings is 1. The Morgan fingerprint density at radius 2 is 2.00 bits per heavy atom. The van der Waals surface area contributed by atoms with Gasteiger partial charge in [-0.2, -0.15) is 0 Å². The average Bonchev–Trinajstić information content (AvgIpc) is 3.14. The van der Waals surface area contributed by atoms with Gasteiger partial charge in [0.25, 0.3) is 0 Å². The molecule has 2 nitrogen and oxygen atoms in total. The molecule has 0 saturated heterocycles. The fourth-order valence-corrected chi connectivity index (χ4v) is 2.36. The van der Waals surface area contributed by atoms with Crippen molar-refractivity contribution in [3.8, 4) is 0 Å². The Labute approximate surface area is 105 Å². The van der Waals surface area contributed by atoms with Crippen molar-refractivity contribution >= 4 is 0 Å². The van der Waals surface area contributed by atoms with Crippen molar-refractivity contribution in [3.63, 3.8) is 0 Å². The Morgan fingerprint density at radius 1 is 1.29 bits per heavy atom. The Hall–Kier alpha value is -0.860. The second-order valence-electron chi connectivity index (χ2n) is 5.19. The molecule has 94 valence electrons. The van der Waals surface area contributed by atoms with E-state index in [1.807, 2.05) is 0 Å². The molecule has 0 heterocycles. The third-order valence-electron chi connectivity index (χ3n) is 3.42. The van der Waals surface area contributed by atoms with Gasteiger partial charge in [-0.05, 0) is 24.8 Å². The zero-order valence-electron chi connectivity index (χ0n) is 10.8. The van der Waals surface area contributed by atoms with Gasteiger partial charge in [0.1, 0.15) is 0 Å². The van der Waals surface area contributed by atoms with Crippen molar-refractivity contribution in [2.45, 2.75) is 51.2 Å². The van der Waals surface area contributed by atoms with Crippen molar-refractivity contribution < 1.29 is 0 Å². The molecule has 1 atom stereocenters. The summed E-state index contributed by atoms with van der Waals surface area (Å²) >= 11 is 0. The lowest BCUT2D eigenvalue weighted by Gasteiger charge is -2.25. The maximum absolute atomic E-state index is 6.16. The third-order valence-corrected chi connectivity index (χ3v) is 3.42. The normalized spacial score (nSPS) is 17.4. The van der Waals surface area contributed by atoms with Crippen LogP contribution in [0.3, 0.4) is 0 Å². The molecule has 1 saturated carbocycles. The molecule has 1 aliphatic rings. The zero-order chi connectivity index (χ0) is 12.1. The van der Waals surface area contributed by atoms with Gasteiger partial charge in [-0.15, -0.1) is 0 Å². The summed E-state index contributed by atoms with van der Waals surface area (Å²) in [6.45, 7) is 4.31. The lowest BCUT2D eigenvalue weighted by Crippen LogP contribution is -2.38. The molecule has 0 aliphatic heterocycles. The fourth-order valence-electron chi connectivity index (χ4n) is 2.36. The fraction of sp³-hybridized carbons (Fsp3) is 0.600. The summed E-state index contributed by atoms with van der Waals surface area (Å²) in [6, 6.07) is 11.9. The minimum absolute atomic E-state index is 0.337. The van der Waals surface area contributed by atoms with Crippen molar-refractivity contribution in [1.29, 1.82) is 0 Å². The number of nitrogens with zero attached hydrogens (tertiary/aromatic N) is 1. The number of rotatable bonds is 7. The zero-order valence-corrected chi connectivity index (χ0v) is 10.8. The van der Waals surface area contributed by atoms with Gasteiger partial charge in [0.15, 0.2) is 0 Å². The van der Waals surface area contributed by atoms with Crippen LogP contribution in [0.4, 0.5) is 0 Å². The second-order valence-corrected chi connectivity index (χ2v) is 5.19. The van der Waals surface area contributed by atoms with E-state index in [0.29, 0.717) is 6.04 Å². The topological polar surface area (TPSA) is 29.3 Å². The van der Waals surface area contributed by atoms with Gasteiger partial charge in [0.05, 0.1) is 0 Å². The highest BCUT2D eigenvalue weighted by Gasteiger charge is 2.29. The predicted molar refractivity (Wildman–Crippen MR) is 72.8 cm³/mol. The standard InChI is InChI=1S/C15H24N2/c1-2-6-14(16)12-17(15-9-10-15)11-13-7-4-3-5-8-13/h3-5,7-8,14-15H,2,6,9-12,16H2,1H3. The van der Waals surface area contributed by atoms with Gasteiger partial charge in [-0.25, -0.2) is 0 Å². The quantitative estimate of drug-likeness (QED) is 0.783. The van der Waals surface area contributed by atoms with E-state index >= 15 is 0 Å². The van der Waals surface area contributed by atoms with Crippen LogP contribution in [0.2, 0.25) is 0 Å². The van der Waals surface area contributed by atoms with E-state index in [1.54, 1.807) is 0 Å². The second kappa shape index (κ2) is 6.18. The van der Waals surface area contributed by atoms with Gasteiger partial charge < -0.3 is 5.73 Å². The van der Waals surface area contributed by atoms with Crippen molar-refractivity contribution in [2.75, 3.05) is 6.54 Å². The lowest BCUT2D eigenvalue weighted by molar-refractivity contribution is 0.234. The summed E-state index contributed by atoms with van der Waals surface area (Å²) in [6.07, 6.45) is 5.03. The smallest absolute Gasteiger partial charge is 0.0237 e. The van der Waals surface area contributed by atoms with E-state index in [1.165, 1.54) is 24.8 Å². The molecular formula is C15H24N2. The molecule has 2 heteroatoms. The van der Waals surface area contributed by atoms with E-state index in [0.717, 1.165) is 25.6 Å². The van der Waals surface area contributed by atoms with Crippen LogP contribution in [0.15, 0.2) is 30.3 Å². The Kier molecular flexibility index (Phi) is 4.57. The number of hydrogen-bond acceptors (Lipinski definition) is 2. The highest BCUT2D eigenvalue weighted by atomic mass is 15.2. The van der Waals surface area contributed by atoms with Gasteiger partial charge in [-0.1, -0.05) is 43.7 Å². The van der Waals surface area contributed by atoms with Gasteiger partial charge in [0, 0.05) is 25.2 Å². The molecule has 1 unspecified atom stereocenters. The molecule has 0 amide bonds. The summed E-state index contributed by atoms with van der Waals surface area (Å²) in [5.41, 5.74) is 7.57. The molecular weight excluding hydrogens is 208 g/mol. The molecule has 2 N–H and O–H groups in total. The molecule has 1 aromatic rings. The Bertz CT molecular complexity index is 319. The first-order chi connectivity index (χ1) is 8.29. The summed E-state index contributed by atoms with van der Waals surface area (Å²) in [4.78, 5) is 2.57. The highest BCUT2D eigenvalue weighted by molar-refractivity contribution is 5.15. The van der Waals surface area contributed by atoms with E-state index in [9.17, 15) is 0 Å². The van der Waals surface area contributed by atoms with Crippen LogP contribution in [0.25, 0.3) is 0 Å². The molecule has 1 aliphatic carbocycles. The number of nitrogens with two attached hydrogens (primary N) is 1. The first kappa shape index (κ1) is 12.6. The molecule has 0 radical (unpaired) electrons. The Balaban J connectivity index is 1.89. The van der Waals surface area contributed by atoms with Crippen LogP contribution < -0.4 is 5.73 Å². The van der Waals surface area contributed by atoms with Gasteiger partial charge in [-0.3, -0.25) is 4.90 Å². The van der Waals surface area contributed by atoms with Gasteiger partial charge in [0.2, 0.25) is 0 Å². The van der Waals surface area contributed by atoms with Crippen LogP contribution in [0.5, 0.6) is 0 Å². The van der Waals surface area contributed by atoms with Crippen molar-refractivity contribution in [3.05, 3.63) is 35.9 Å². The SMILES string of the molecule is CCCC(N)CN(Cc1ccccc1)C1CC1. The minimum Gasteiger partial charge on any atom is -0.327 e. The van der Waals surface area contributed by atoms with E-state index in [-0.39, 0.29) is 0 Å². The molecule has 1 fully saturated rings. The summed E-state index contributed by atoms with van der Waals surface area (Å²) < 4.78 is 0. The highest BCUT2D eigenvalue weighted by Crippen LogP contribution is 2.28. The van der Waals surface area contributed by atoms with Crippen LogP contribution in [-0.4, -0.2) is 23.5 Å². The largest absolute Gasteiger partial charge is 0.327 e. The van der Waals surface area contributed by atoms with Gasteiger partial charge >= 0.3 is 0 Å². The minimum atomic E-state index is 0.337.